The van der Waals surface area contributed by atoms with Crippen LogP contribution in [0.5, 0.6) is 0 Å². The van der Waals surface area contributed by atoms with Gasteiger partial charge >= 0.3 is 0 Å². The molecule has 0 spiro atoms. The number of amides is 1. The summed E-state index contributed by atoms with van der Waals surface area (Å²) in [5.41, 5.74) is 1.11. The number of hydrogen-bond donors (Lipinski definition) is 0. The van der Waals surface area contributed by atoms with Crippen LogP contribution < -0.4 is 0 Å². The molecule has 1 aliphatic rings. The predicted molar refractivity (Wildman–Crippen MR) is 98.5 cm³/mol. The van der Waals surface area contributed by atoms with Crippen molar-refractivity contribution in [3.8, 4) is 0 Å². The van der Waals surface area contributed by atoms with Crippen molar-refractivity contribution in [2.45, 2.75) is 31.2 Å². The van der Waals surface area contributed by atoms with Crippen LogP contribution in [0.4, 0.5) is 0 Å². The second-order valence-electron chi connectivity index (χ2n) is 6.12. The van der Waals surface area contributed by atoms with E-state index in [9.17, 15) is 13.2 Å². The maximum atomic E-state index is 12.6. The van der Waals surface area contributed by atoms with Crippen LogP contribution in [-0.4, -0.2) is 55.7 Å². The van der Waals surface area contributed by atoms with Crippen LogP contribution in [-0.2, 0) is 21.4 Å². The lowest BCUT2D eigenvalue weighted by atomic mass is 9.96. The minimum absolute atomic E-state index is 0.0798. The van der Waals surface area contributed by atoms with Crippen LogP contribution in [0, 0.1) is 5.92 Å². The topological polar surface area (TPSA) is 57.7 Å². The fourth-order valence-electron chi connectivity index (χ4n) is 2.96. The van der Waals surface area contributed by atoms with Crippen molar-refractivity contribution in [2.24, 2.45) is 5.92 Å². The van der Waals surface area contributed by atoms with Crippen molar-refractivity contribution in [3.05, 3.63) is 29.8 Å². The third-order valence-electron chi connectivity index (χ3n) is 4.52. The van der Waals surface area contributed by atoms with Gasteiger partial charge in [0.2, 0.25) is 15.9 Å². The van der Waals surface area contributed by atoms with Crippen molar-refractivity contribution >= 4 is 27.7 Å². The molecule has 0 saturated carbocycles. The Labute approximate surface area is 149 Å². The van der Waals surface area contributed by atoms with Crippen molar-refractivity contribution < 1.29 is 13.2 Å². The zero-order valence-corrected chi connectivity index (χ0v) is 16.2. The molecule has 1 aromatic rings. The molecule has 1 amide bonds. The highest BCUT2D eigenvalue weighted by Crippen LogP contribution is 2.22. The van der Waals surface area contributed by atoms with Gasteiger partial charge in [-0.2, -0.15) is 0 Å². The molecule has 1 fully saturated rings. The highest BCUT2D eigenvalue weighted by Gasteiger charge is 2.31. The molecule has 0 N–H and O–H groups in total. The molecular formula is C17H26N2O3S2. The Morgan fingerprint density at radius 2 is 1.83 bits per heavy atom. The van der Waals surface area contributed by atoms with E-state index in [4.69, 9.17) is 0 Å². The maximum Gasteiger partial charge on any atom is 0.225 e. The molecule has 0 unspecified atom stereocenters. The normalized spacial score (nSPS) is 17.0. The Bertz CT molecular complexity index is 651. The molecular weight excluding hydrogens is 344 g/mol. The monoisotopic (exact) mass is 370 g/mol. The molecule has 1 aromatic carbocycles. The van der Waals surface area contributed by atoms with E-state index in [0.717, 1.165) is 5.56 Å². The standard InChI is InChI=1S/C17H26N2O3S2/c1-4-24(21,22)19-11-9-15(10-12-19)17(20)18(2)13-14-5-7-16(23-3)8-6-14/h5-8,15H,4,9-13H2,1-3H3. The third kappa shape index (κ3) is 4.74. The quantitative estimate of drug-likeness (QED) is 0.722. The van der Waals surface area contributed by atoms with Crippen LogP contribution >= 0.6 is 11.8 Å². The van der Waals surface area contributed by atoms with Crippen LogP contribution in [0.25, 0.3) is 0 Å². The lowest BCUT2D eigenvalue weighted by Crippen LogP contribution is -2.43. The SMILES string of the molecule is CCS(=O)(=O)N1CCC(C(=O)N(C)Cc2ccc(SC)cc2)CC1. The van der Waals surface area contributed by atoms with E-state index in [2.05, 4.69) is 12.1 Å². The molecule has 134 valence electrons. The first-order chi connectivity index (χ1) is 11.4. The van der Waals surface area contributed by atoms with E-state index in [1.54, 1.807) is 23.6 Å². The molecule has 0 atom stereocenters. The summed E-state index contributed by atoms with van der Waals surface area (Å²) in [5, 5.41) is 0. The number of piperidine rings is 1. The number of carbonyl (C=O) groups excluding carboxylic acids is 1. The number of rotatable bonds is 6. The molecule has 2 rings (SSSR count). The van der Waals surface area contributed by atoms with E-state index >= 15 is 0 Å². The fourth-order valence-corrected chi connectivity index (χ4v) is 4.50. The van der Waals surface area contributed by atoms with Gasteiger partial charge in [0.15, 0.2) is 0 Å². The fraction of sp³-hybridized carbons (Fsp3) is 0.588. The summed E-state index contributed by atoms with van der Waals surface area (Å²) in [6.07, 6.45) is 3.25. The Morgan fingerprint density at radius 3 is 2.33 bits per heavy atom. The Hall–Kier alpha value is -1.05. The average molecular weight is 371 g/mol. The van der Waals surface area contributed by atoms with Crippen LogP contribution in [0.15, 0.2) is 29.2 Å². The molecule has 0 aromatic heterocycles. The summed E-state index contributed by atoms with van der Waals surface area (Å²) >= 11 is 1.70. The minimum atomic E-state index is -3.14. The summed E-state index contributed by atoms with van der Waals surface area (Å²) < 4.78 is 25.3. The second-order valence-corrected chi connectivity index (χ2v) is 9.25. The molecule has 5 nitrogen and oxygen atoms in total. The van der Waals surface area contributed by atoms with Crippen molar-refractivity contribution in [1.29, 1.82) is 0 Å². The number of carbonyl (C=O) groups is 1. The summed E-state index contributed by atoms with van der Waals surface area (Å²) in [4.78, 5) is 15.6. The Balaban J connectivity index is 1.89. The van der Waals surface area contributed by atoms with Gasteiger partial charge in [-0.1, -0.05) is 12.1 Å². The first-order valence-electron chi connectivity index (χ1n) is 8.23. The predicted octanol–water partition coefficient (Wildman–Crippen LogP) is 2.43. The second kappa shape index (κ2) is 8.36. The zero-order chi connectivity index (χ0) is 17.7. The van der Waals surface area contributed by atoms with Gasteiger partial charge in [-0.15, -0.1) is 11.8 Å². The van der Waals surface area contributed by atoms with Crippen LogP contribution in [0.3, 0.4) is 0 Å². The van der Waals surface area contributed by atoms with E-state index in [1.165, 1.54) is 9.20 Å². The molecule has 0 aliphatic carbocycles. The van der Waals surface area contributed by atoms with Crippen LogP contribution in [0.1, 0.15) is 25.3 Å². The molecule has 7 heteroatoms. The number of benzene rings is 1. The summed E-state index contributed by atoms with van der Waals surface area (Å²) in [6.45, 7) is 3.13. The summed E-state index contributed by atoms with van der Waals surface area (Å²) in [7, 11) is -1.32. The lowest BCUT2D eigenvalue weighted by Gasteiger charge is -2.32. The third-order valence-corrected chi connectivity index (χ3v) is 7.14. The van der Waals surface area contributed by atoms with E-state index < -0.39 is 10.0 Å². The van der Waals surface area contributed by atoms with Gasteiger partial charge < -0.3 is 4.90 Å². The van der Waals surface area contributed by atoms with Crippen molar-refractivity contribution in [2.75, 3.05) is 32.1 Å². The highest BCUT2D eigenvalue weighted by molar-refractivity contribution is 7.98. The molecule has 24 heavy (non-hydrogen) atoms. The van der Waals surface area contributed by atoms with E-state index in [-0.39, 0.29) is 17.6 Å². The molecule has 0 radical (unpaired) electrons. The number of thioether (sulfide) groups is 1. The smallest absolute Gasteiger partial charge is 0.225 e. The number of hydrogen-bond acceptors (Lipinski definition) is 4. The van der Waals surface area contributed by atoms with E-state index in [1.807, 2.05) is 25.4 Å². The average Bonchev–Trinajstić information content (AvgIpc) is 2.61. The number of nitrogens with zero attached hydrogens (tertiary/aromatic N) is 2. The molecule has 0 bridgehead atoms. The van der Waals surface area contributed by atoms with Gasteiger partial charge in [0.05, 0.1) is 5.75 Å². The molecule has 1 saturated heterocycles. The largest absolute Gasteiger partial charge is 0.341 e. The lowest BCUT2D eigenvalue weighted by molar-refractivity contribution is -0.135. The molecule has 1 aliphatic heterocycles. The summed E-state index contributed by atoms with van der Waals surface area (Å²) in [6, 6.07) is 8.22. The Morgan fingerprint density at radius 1 is 1.25 bits per heavy atom. The van der Waals surface area contributed by atoms with Crippen LogP contribution in [0.2, 0.25) is 0 Å². The molecule has 1 heterocycles. The van der Waals surface area contributed by atoms with E-state index in [0.29, 0.717) is 32.5 Å². The highest BCUT2D eigenvalue weighted by atomic mass is 32.2. The van der Waals surface area contributed by atoms with Gasteiger partial charge in [-0.25, -0.2) is 12.7 Å². The number of sulfonamides is 1. The van der Waals surface area contributed by atoms with Crippen molar-refractivity contribution in [3.63, 3.8) is 0 Å². The minimum Gasteiger partial charge on any atom is -0.341 e. The van der Waals surface area contributed by atoms with Gasteiger partial charge in [0.25, 0.3) is 0 Å². The van der Waals surface area contributed by atoms with Gasteiger partial charge in [0.1, 0.15) is 0 Å². The van der Waals surface area contributed by atoms with Gasteiger partial charge in [0, 0.05) is 37.5 Å². The van der Waals surface area contributed by atoms with Crippen molar-refractivity contribution in [1.82, 2.24) is 9.21 Å². The Kier molecular flexibility index (Phi) is 6.71. The van der Waals surface area contributed by atoms with Gasteiger partial charge in [-0.05, 0) is 43.7 Å². The van der Waals surface area contributed by atoms with Gasteiger partial charge in [-0.3, -0.25) is 4.79 Å². The maximum absolute atomic E-state index is 12.6. The first kappa shape index (κ1) is 19.3. The first-order valence-corrected chi connectivity index (χ1v) is 11.1. The zero-order valence-electron chi connectivity index (χ0n) is 14.6. The summed E-state index contributed by atoms with van der Waals surface area (Å²) in [5.74, 6) is 0.152.